The summed E-state index contributed by atoms with van der Waals surface area (Å²) in [7, 11) is -15.5. The Bertz CT molecular complexity index is 916. The highest BCUT2D eigenvalue weighted by Gasteiger charge is 2.43. The van der Waals surface area contributed by atoms with E-state index >= 15 is 0 Å². The maximum atomic E-state index is 11.8. The van der Waals surface area contributed by atoms with Crippen LogP contribution in [0.2, 0.25) is 0 Å². The molecule has 1 rings (SSSR count). The lowest BCUT2D eigenvalue weighted by molar-refractivity contribution is -0.119. The zero-order valence-corrected chi connectivity index (χ0v) is 17.6. The maximum absolute atomic E-state index is 11.8. The minimum atomic E-state index is -5.69. The van der Waals surface area contributed by atoms with Crippen molar-refractivity contribution in [3.63, 3.8) is 0 Å². The van der Waals surface area contributed by atoms with Gasteiger partial charge in [0.15, 0.2) is 0 Å². The highest BCUT2D eigenvalue weighted by Crippen LogP contribution is 2.66. The predicted octanol–water partition coefficient (Wildman–Crippen LogP) is -1.07. The van der Waals surface area contributed by atoms with Crippen molar-refractivity contribution < 1.29 is 56.3 Å². The lowest BCUT2D eigenvalue weighted by Gasteiger charge is -2.33. The lowest BCUT2D eigenvalue weighted by Crippen LogP contribution is -2.48. The number of aliphatic hydroxyl groups is 1. The van der Waals surface area contributed by atoms with Gasteiger partial charge in [-0.2, -0.15) is 13.6 Å². The summed E-state index contributed by atoms with van der Waals surface area (Å²) in [6.07, 6.45) is -0.310. The van der Waals surface area contributed by atoms with E-state index in [0.717, 1.165) is 11.7 Å². The molecule has 0 bridgehead atoms. The average Bonchev–Trinajstić information content (AvgIpc) is 2.51. The number of hydrogen-bond acceptors (Lipinski definition) is 11. The van der Waals surface area contributed by atoms with Gasteiger partial charge in [-0.15, -0.1) is 0 Å². The molecular formula is C10H20N3O13P3. The van der Waals surface area contributed by atoms with Gasteiger partial charge >= 0.3 is 29.2 Å². The van der Waals surface area contributed by atoms with Gasteiger partial charge in [-0.25, -0.2) is 18.5 Å². The number of hydrogen-bond donors (Lipinski definition) is 6. The van der Waals surface area contributed by atoms with Crippen LogP contribution in [0.15, 0.2) is 17.1 Å². The van der Waals surface area contributed by atoms with Crippen LogP contribution in [0.3, 0.4) is 0 Å². The van der Waals surface area contributed by atoms with Crippen LogP contribution in [0.5, 0.6) is 0 Å². The fraction of sp³-hybridized carbons (Fsp3) is 0.600. The first-order chi connectivity index (χ1) is 13.0. The summed E-state index contributed by atoms with van der Waals surface area (Å²) < 4.78 is 51.3. The number of nitrogens with two attached hydrogens (primary N) is 1. The molecule has 0 fully saturated rings. The fourth-order valence-corrected chi connectivity index (χ4v) is 4.88. The second-order valence-corrected chi connectivity index (χ2v) is 10.1. The van der Waals surface area contributed by atoms with Gasteiger partial charge in [0.25, 0.3) is 0 Å². The van der Waals surface area contributed by atoms with Crippen molar-refractivity contribution in [3.05, 3.63) is 22.7 Å². The van der Waals surface area contributed by atoms with E-state index in [2.05, 4.69) is 18.1 Å². The third-order valence-electron chi connectivity index (χ3n) is 3.37. The van der Waals surface area contributed by atoms with Crippen molar-refractivity contribution in [2.75, 3.05) is 19.5 Å². The molecule has 4 atom stereocenters. The van der Waals surface area contributed by atoms with Gasteiger partial charge in [-0.05, 0) is 13.0 Å². The molecule has 0 aliphatic carbocycles. The highest BCUT2D eigenvalue weighted by molar-refractivity contribution is 7.66. The monoisotopic (exact) mass is 483 g/mol. The van der Waals surface area contributed by atoms with Crippen molar-refractivity contribution in [2.24, 2.45) is 0 Å². The van der Waals surface area contributed by atoms with E-state index in [-0.39, 0.29) is 5.82 Å². The Morgan fingerprint density at radius 2 is 1.79 bits per heavy atom. The number of rotatable bonds is 11. The zero-order valence-electron chi connectivity index (χ0n) is 15.0. The summed E-state index contributed by atoms with van der Waals surface area (Å²) in [5.41, 5.74) is 2.79. The van der Waals surface area contributed by atoms with Crippen molar-refractivity contribution >= 4 is 29.3 Å². The highest BCUT2D eigenvalue weighted by atomic mass is 31.3. The molecule has 0 saturated heterocycles. The molecule has 1 aromatic heterocycles. The SMILES string of the molecule is CO[C@](C)(COP(=O)(O)OP(=O)(O)OP(=O)(O)O)[C@@H](O)Cn1ccc(N)nc1=O. The average molecular weight is 483 g/mol. The standard InChI is InChI=1S/C10H20N3O13P3/c1-10(23-2,7(14)5-13-4-3-8(11)12-9(13)15)6-24-28(19,20)26-29(21,22)25-27(16,17)18/h3-4,7,14H,5-6H2,1-2H3,(H,19,20)(H,21,22)(H2,11,12,15)(H2,16,17,18)/t7-,10+/m0/s1. The first-order valence-electron chi connectivity index (χ1n) is 7.33. The topological polar surface area (TPSA) is 250 Å². The largest absolute Gasteiger partial charge is 0.490 e. The number of aromatic nitrogens is 2. The normalized spacial score (nSPS) is 19.7. The van der Waals surface area contributed by atoms with Crippen molar-refractivity contribution in [3.8, 4) is 0 Å². The minimum absolute atomic E-state index is 0.0529. The zero-order chi connectivity index (χ0) is 22.7. The van der Waals surface area contributed by atoms with Gasteiger partial charge in [-0.3, -0.25) is 9.09 Å². The Labute approximate surface area is 163 Å². The third-order valence-corrected chi connectivity index (χ3v) is 7.15. The number of anilines is 1. The Kier molecular flexibility index (Phi) is 8.47. The van der Waals surface area contributed by atoms with E-state index in [1.165, 1.54) is 19.2 Å². The van der Waals surface area contributed by atoms with Crippen molar-refractivity contribution in [2.45, 2.75) is 25.2 Å². The van der Waals surface area contributed by atoms with Gasteiger partial charge in [0.1, 0.15) is 17.5 Å². The molecule has 168 valence electrons. The number of nitrogens with zero attached hydrogens (tertiary/aromatic N) is 2. The number of methoxy groups -OCH3 is 1. The lowest BCUT2D eigenvalue weighted by atomic mass is 10.00. The fourth-order valence-electron chi connectivity index (χ4n) is 1.76. The molecule has 16 nitrogen and oxygen atoms in total. The van der Waals surface area contributed by atoms with E-state index in [0.29, 0.717) is 0 Å². The third kappa shape index (κ3) is 8.72. The molecule has 0 amide bonds. The number of nitrogen functional groups attached to an aromatic ring is 1. The summed E-state index contributed by atoms with van der Waals surface area (Å²) in [5.74, 6) is -0.0529. The van der Waals surface area contributed by atoms with E-state index in [9.17, 15) is 28.5 Å². The molecule has 7 N–H and O–H groups in total. The summed E-state index contributed by atoms with van der Waals surface area (Å²) in [4.78, 5) is 50.7. The van der Waals surface area contributed by atoms with Crippen LogP contribution in [-0.4, -0.2) is 59.7 Å². The molecule has 19 heteroatoms. The van der Waals surface area contributed by atoms with E-state index < -0.39 is 54.0 Å². The summed E-state index contributed by atoms with van der Waals surface area (Å²) in [6.45, 7) is -0.125. The van der Waals surface area contributed by atoms with E-state index in [1.54, 1.807) is 0 Å². The number of phosphoric ester groups is 1. The Balaban J connectivity index is 2.86. The summed E-state index contributed by atoms with van der Waals surface area (Å²) >= 11 is 0. The molecule has 0 aliphatic heterocycles. The van der Waals surface area contributed by atoms with Crippen molar-refractivity contribution in [1.82, 2.24) is 9.55 Å². The Morgan fingerprint density at radius 1 is 1.21 bits per heavy atom. The van der Waals surface area contributed by atoms with Crippen molar-refractivity contribution in [1.29, 1.82) is 0 Å². The van der Waals surface area contributed by atoms with Crippen LogP contribution in [0, 0.1) is 0 Å². The van der Waals surface area contributed by atoms with Crippen LogP contribution < -0.4 is 11.4 Å². The summed E-state index contributed by atoms with van der Waals surface area (Å²) in [6, 6.07) is 1.28. The van der Waals surface area contributed by atoms with Crippen LogP contribution in [0.4, 0.5) is 5.82 Å². The second kappa shape index (κ2) is 9.43. The maximum Gasteiger partial charge on any atom is 0.490 e. The molecule has 2 unspecified atom stereocenters. The van der Waals surface area contributed by atoms with Crippen LogP contribution in [0.1, 0.15) is 6.92 Å². The van der Waals surface area contributed by atoms with Crippen LogP contribution >= 0.6 is 23.5 Å². The predicted molar refractivity (Wildman–Crippen MR) is 94.1 cm³/mol. The minimum Gasteiger partial charge on any atom is -0.388 e. The second-order valence-electron chi connectivity index (χ2n) is 5.68. The number of aliphatic hydroxyl groups excluding tert-OH is 1. The molecular weight excluding hydrogens is 463 g/mol. The van der Waals surface area contributed by atoms with Gasteiger partial charge in [0.2, 0.25) is 0 Å². The Morgan fingerprint density at radius 3 is 2.28 bits per heavy atom. The van der Waals surface area contributed by atoms with Gasteiger partial charge in [0.05, 0.1) is 13.2 Å². The molecule has 0 radical (unpaired) electrons. The smallest absolute Gasteiger partial charge is 0.388 e. The molecule has 29 heavy (non-hydrogen) atoms. The summed E-state index contributed by atoms with van der Waals surface area (Å²) in [5, 5.41) is 10.3. The molecule has 0 aromatic carbocycles. The quantitative estimate of drug-likeness (QED) is 0.205. The number of ether oxygens (including phenoxy) is 1. The molecule has 0 saturated carbocycles. The molecule has 0 aliphatic rings. The molecule has 0 spiro atoms. The van der Waals surface area contributed by atoms with E-state index in [1.807, 2.05) is 0 Å². The number of phosphoric acid groups is 3. The van der Waals surface area contributed by atoms with Crippen LogP contribution in [0.25, 0.3) is 0 Å². The van der Waals surface area contributed by atoms with Crippen LogP contribution in [-0.2, 0) is 38.1 Å². The first kappa shape index (κ1) is 26.0. The first-order valence-corrected chi connectivity index (χ1v) is 11.9. The van der Waals surface area contributed by atoms with Gasteiger partial charge in [0, 0.05) is 13.3 Å². The van der Waals surface area contributed by atoms with Gasteiger partial charge in [-0.1, -0.05) is 0 Å². The molecule has 1 aromatic rings. The van der Waals surface area contributed by atoms with E-state index in [4.69, 9.17) is 25.2 Å². The molecule has 1 heterocycles. The van der Waals surface area contributed by atoms with Gasteiger partial charge < -0.3 is 35.2 Å². The Hall–Kier alpha value is -0.990.